The number of rotatable bonds is 7. The Labute approximate surface area is 190 Å². The van der Waals surface area contributed by atoms with Crippen molar-refractivity contribution in [3.8, 4) is 11.5 Å². The Balaban J connectivity index is 1.71. The fourth-order valence-corrected chi connectivity index (χ4v) is 3.46. The molecular formula is C22H24ClN3O6. The van der Waals surface area contributed by atoms with Crippen molar-refractivity contribution < 1.29 is 24.0 Å². The van der Waals surface area contributed by atoms with Gasteiger partial charge in [-0.2, -0.15) is 0 Å². The zero-order valence-corrected chi connectivity index (χ0v) is 18.6. The van der Waals surface area contributed by atoms with Gasteiger partial charge in [0.1, 0.15) is 24.3 Å². The molecule has 10 heteroatoms. The summed E-state index contributed by atoms with van der Waals surface area (Å²) in [6.07, 6.45) is 0. The average Bonchev–Trinajstić information content (AvgIpc) is 2.76. The predicted molar refractivity (Wildman–Crippen MR) is 118 cm³/mol. The maximum Gasteiger partial charge on any atom is 0.288 e. The maximum absolute atomic E-state index is 12.9. The Morgan fingerprint density at radius 1 is 1.03 bits per heavy atom. The Morgan fingerprint density at radius 3 is 2.38 bits per heavy atom. The smallest absolute Gasteiger partial charge is 0.288 e. The molecule has 2 aromatic carbocycles. The molecular weight excluding hydrogens is 438 g/mol. The predicted octanol–water partition coefficient (Wildman–Crippen LogP) is 3.65. The van der Waals surface area contributed by atoms with E-state index in [4.69, 9.17) is 21.1 Å². The molecule has 0 radical (unpaired) electrons. The van der Waals surface area contributed by atoms with Crippen LogP contribution in [-0.4, -0.2) is 36.0 Å². The Kier molecular flexibility index (Phi) is 7.19. The first-order valence-electron chi connectivity index (χ1n) is 10.1. The van der Waals surface area contributed by atoms with Gasteiger partial charge in [-0.3, -0.25) is 19.7 Å². The summed E-state index contributed by atoms with van der Waals surface area (Å²) in [7, 11) is 0. The molecule has 32 heavy (non-hydrogen) atoms. The van der Waals surface area contributed by atoms with Crippen molar-refractivity contribution in [2.45, 2.75) is 32.9 Å². The van der Waals surface area contributed by atoms with Gasteiger partial charge >= 0.3 is 0 Å². The summed E-state index contributed by atoms with van der Waals surface area (Å²) in [6.45, 7) is 6.37. The van der Waals surface area contributed by atoms with Gasteiger partial charge in [0, 0.05) is 11.6 Å². The van der Waals surface area contributed by atoms with Crippen LogP contribution in [0.2, 0.25) is 5.02 Å². The van der Waals surface area contributed by atoms with E-state index in [1.54, 1.807) is 19.9 Å². The fourth-order valence-electron chi connectivity index (χ4n) is 3.27. The number of nitro benzene ring substituents is 1. The van der Waals surface area contributed by atoms with Crippen LogP contribution in [0, 0.1) is 16.0 Å². The minimum Gasteiger partial charge on any atom is -0.486 e. The van der Waals surface area contributed by atoms with Gasteiger partial charge in [-0.25, -0.2) is 0 Å². The lowest BCUT2D eigenvalue weighted by molar-refractivity contribution is -0.384. The molecule has 1 aliphatic rings. The average molecular weight is 462 g/mol. The molecule has 2 atom stereocenters. The molecule has 0 aromatic heterocycles. The van der Waals surface area contributed by atoms with E-state index in [2.05, 4.69) is 10.6 Å². The van der Waals surface area contributed by atoms with E-state index >= 15 is 0 Å². The van der Waals surface area contributed by atoms with Crippen LogP contribution in [-0.2, 0) is 4.79 Å². The van der Waals surface area contributed by atoms with Crippen molar-refractivity contribution in [2.75, 3.05) is 13.2 Å². The maximum atomic E-state index is 12.9. The third-order valence-electron chi connectivity index (χ3n) is 5.07. The van der Waals surface area contributed by atoms with Crippen LogP contribution in [0.4, 0.5) is 5.69 Å². The van der Waals surface area contributed by atoms with Crippen molar-refractivity contribution in [1.29, 1.82) is 0 Å². The molecule has 0 saturated carbocycles. The molecule has 1 aliphatic heterocycles. The molecule has 2 unspecified atom stereocenters. The molecule has 2 N–H and O–H groups in total. The molecule has 0 fully saturated rings. The number of ether oxygens (including phenoxy) is 2. The number of nitrogens with one attached hydrogen (secondary N) is 2. The second-order valence-electron chi connectivity index (χ2n) is 7.75. The lowest BCUT2D eigenvalue weighted by atomic mass is 10.0. The van der Waals surface area contributed by atoms with E-state index in [1.165, 1.54) is 12.1 Å². The monoisotopic (exact) mass is 461 g/mol. The van der Waals surface area contributed by atoms with Gasteiger partial charge < -0.3 is 20.1 Å². The van der Waals surface area contributed by atoms with Crippen LogP contribution in [0.15, 0.2) is 36.4 Å². The molecule has 0 saturated heterocycles. The molecule has 3 rings (SSSR count). The van der Waals surface area contributed by atoms with Crippen molar-refractivity contribution in [3.63, 3.8) is 0 Å². The van der Waals surface area contributed by atoms with Crippen LogP contribution in [0.3, 0.4) is 0 Å². The summed E-state index contributed by atoms with van der Waals surface area (Å²) in [5.41, 5.74) is 0.487. The minimum absolute atomic E-state index is 0.0411. The molecule has 0 aliphatic carbocycles. The van der Waals surface area contributed by atoms with Gasteiger partial charge in [0.2, 0.25) is 5.91 Å². The van der Waals surface area contributed by atoms with E-state index < -0.39 is 16.9 Å². The number of amides is 2. The SMILES string of the molecule is CC(NC(=O)C(NC(=O)c1ccc(Cl)c([N+](=O)[O-])c1)C(C)C)c1ccc2c(c1)OCCO2. The fraction of sp³-hybridized carbons (Fsp3) is 0.364. The molecule has 9 nitrogen and oxygen atoms in total. The van der Waals surface area contributed by atoms with Gasteiger partial charge in [-0.1, -0.05) is 31.5 Å². The summed E-state index contributed by atoms with van der Waals surface area (Å²) in [5, 5.41) is 16.6. The third-order valence-corrected chi connectivity index (χ3v) is 5.39. The highest BCUT2D eigenvalue weighted by Gasteiger charge is 2.27. The number of nitro groups is 1. The largest absolute Gasteiger partial charge is 0.486 e. The van der Waals surface area contributed by atoms with Gasteiger partial charge in [-0.15, -0.1) is 0 Å². The number of nitrogens with zero attached hydrogens (tertiary/aromatic N) is 1. The van der Waals surface area contributed by atoms with Gasteiger partial charge in [0.15, 0.2) is 11.5 Å². The van der Waals surface area contributed by atoms with Crippen molar-refractivity contribution >= 4 is 29.1 Å². The molecule has 1 heterocycles. The van der Waals surface area contributed by atoms with Gasteiger partial charge in [-0.05, 0) is 42.7 Å². The molecule has 2 amide bonds. The first kappa shape index (κ1) is 23.3. The van der Waals surface area contributed by atoms with Crippen LogP contribution in [0.5, 0.6) is 11.5 Å². The standard InChI is InChI=1S/C22H24ClN3O6/c1-12(2)20(25-21(27)15-4-6-16(23)17(10-15)26(29)30)22(28)24-13(3)14-5-7-18-19(11-14)32-9-8-31-18/h4-7,10-13,20H,8-9H2,1-3H3,(H,24,28)(H,25,27). The van der Waals surface area contributed by atoms with Crippen LogP contribution < -0.4 is 20.1 Å². The van der Waals surface area contributed by atoms with Crippen LogP contribution >= 0.6 is 11.6 Å². The number of carbonyl (C=O) groups is 2. The zero-order chi connectivity index (χ0) is 23.4. The number of hydrogen-bond donors (Lipinski definition) is 2. The van der Waals surface area contributed by atoms with Crippen molar-refractivity contribution in [1.82, 2.24) is 10.6 Å². The summed E-state index contributed by atoms with van der Waals surface area (Å²) in [5.74, 6) is 0.0642. The summed E-state index contributed by atoms with van der Waals surface area (Å²) in [6, 6.07) is 7.99. The Morgan fingerprint density at radius 2 is 1.72 bits per heavy atom. The summed E-state index contributed by atoms with van der Waals surface area (Å²) < 4.78 is 11.1. The van der Waals surface area contributed by atoms with E-state index in [0.717, 1.165) is 11.6 Å². The molecule has 0 bridgehead atoms. The molecule has 2 aromatic rings. The van der Waals surface area contributed by atoms with Crippen LogP contribution in [0.25, 0.3) is 0 Å². The number of hydrogen-bond acceptors (Lipinski definition) is 6. The Bertz CT molecular complexity index is 1040. The lowest BCUT2D eigenvalue weighted by Gasteiger charge is -2.25. The van der Waals surface area contributed by atoms with Gasteiger partial charge in [0.05, 0.1) is 11.0 Å². The number of carbonyl (C=O) groups excluding carboxylic acids is 2. The quantitative estimate of drug-likeness (QED) is 0.479. The van der Waals surface area contributed by atoms with Gasteiger partial charge in [0.25, 0.3) is 11.6 Å². The molecule has 170 valence electrons. The second kappa shape index (κ2) is 9.86. The highest BCUT2D eigenvalue weighted by atomic mass is 35.5. The number of benzene rings is 2. The second-order valence-corrected chi connectivity index (χ2v) is 8.16. The number of halogens is 1. The first-order valence-corrected chi connectivity index (χ1v) is 10.5. The zero-order valence-electron chi connectivity index (χ0n) is 17.9. The summed E-state index contributed by atoms with van der Waals surface area (Å²) in [4.78, 5) is 36.0. The molecule has 0 spiro atoms. The normalized spacial score (nSPS) is 14.4. The third kappa shape index (κ3) is 5.28. The number of fused-ring (bicyclic) bond motifs is 1. The highest BCUT2D eigenvalue weighted by Crippen LogP contribution is 2.32. The van der Waals surface area contributed by atoms with E-state index in [9.17, 15) is 19.7 Å². The van der Waals surface area contributed by atoms with E-state index in [-0.39, 0.29) is 34.1 Å². The summed E-state index contributed by atoms with van der Waals surface area (Å²) >= 11 is 5.81. The Hall–Kier alpha value is -3.33. The van der Waals surface area contributed by atoms with E-state index in [1.807, 2.05) is 19.1 Å². The topological polar surface area (TPSA) is 120 Å². The van der Waals surface area contributed by atoms with E-state index in [0.29, 0.717) is 24.7 Å². The highest BCUT2D eigenvalue weighted by molar-refractivity contribution is 6.32. The lowest BCUT2D eigenvalue weighted by Crippen LogP contribution is -2.50. The van der Waals surface area contributed by atoms with Crippen LogP contribution in [0.1, 0.15) is 42.7 Å². The first-order chi connectivity index (χ1) is 15.2. The van der Waals surface area contributed by atoms with Crippen molar-refractivity contribution in [2.24, 2.45) is 5.92 Å². The van der Waals surface area contributed by atoms with Crippen molar-refractivity contribution in [3.05, 3.63) is 62.7 Å². The minimum atomic E-state index is -0.850.